The van der Waals surface area contributed by atoms with E-state index in [1.54, 1.807) is 0 Å². The number of amides is 1. The van der Waals surface area contributed by atoms with Gasteiger partial charge in [0, 0.05) is 22.5 Å². The van der Waals surface area contributed by atoms with E-state index >= 15 is 0 Å². The fourth-order valence-corrected chi connectivity index (χ4v) is 4.80. The van der Waals surface area contributed by atoms with E-state index in [9.17, 15) is 4.79 Å². The zero-order chi connectivity index (χ0) is 23.2. The topological polar surface area (TPSA) is 81.9 Å². The molecule has 7 nitrogen and oxygen atoms in total. The minimum Gasteiger partial charge on any atom is -0.483 e. The van der Waals surface area contributed by atoms with Gasteiger partial charge in [-0.2, -0.15) is 0 Å². The summed E-state index contributed by atoms with van der Waals surface area (Å²) >= 11 is 8.65. The summed E-state index contributed by atoms with van der Waals surface area (Å²) in [5.41, 5.74) is 1.74. The number of carbonyl (C=O) groups is 1. The van der Waals surface area contributed by atoms with Crippen LogP contribution in [0.15, 0.2) is 65.1 Å². The first kappa shape index (κ1) is 23.3. The molecule has 4 rings (SSSR count). The number of nitrogens with zero attached hydrogens (tertiary/aromatic N) is 4. The average molecular weight is 500 g/mol. The molecule has 2 aromatic carbocycles. The Morgan fingerprint density at radius 2 is 1.94 bits per heavy atom. The van der Waals surface area contributed by atoms with E-state index in [0.717, 1.165) is 22.8 Å². The number of para-hydroxylation sites is 1. The van der Waals surface area contributed by atoms with E-state index < -0.39 is 0 Å². The third-order valence-electron chi connectivity index (χ3n) is 4.70. The van der Waals surface area contributed by atoms with Gasteiger partial charge in [-0.25, -0.2) is 4.98 Å². The van der Waals surface area contributed by atoms with Crippen LogP contribution in [0.1, 0.15) is 25.8 Å². The first-order valence-corrected chi connectivity index (χ1v) is 12.6. The number of benzene rings is 2. The molecule has 1 N–H and O–H groups in total. The van der Waals surface area contributed by atoms with Crippen LogP contribution in [-0.4, -0.2) is 31.4 Å². The van der Waals surface area contributed by atoms with Crippen LogP contribution in [0, 0.1) is 0 Å². The molecular formula is C23H22ClN5O2S2. The molecule has 170 valence electrons. The molecule has 0 saturated carbocycles. The van der Waals surface area contributed by atoms with Crippen LogP contribution in [0.5, 0.6) is 5.75 Å². The molecule has 0 fully saturated rings. The standard InChI is InChI=1S/C23H22ClN5O2S2/c1-3-29-21(15(2)31-18-7-5-4-6-8-18)27-28-23(29)33-14-20(30)26-22-25-19(13-32-22)16-9-11-17(24)12-10-16/h4-13,15H,3,14H2,1-2H3,(H,25,26,30)/t15-/m1/s1. The number of hydrogen-bond acceptors (Lipinski definition) is 7. The lowest BCUT2D eigenvalue weighted by Crippen LogP contribution is -2.15. The van der Waals surface area contributed by atoms with Gasteiger partial charge < -0.3 is 14.6 Å². The number of nitrogens with one attached hydrogen (secondary N) is 1. The Kier molecular flexibility index (Phi) is 7.64. The highest BCUT2D eigenvalue weighted by Gasteiger charge is 2.19. The molecule has 0 radical (unpaired) electrons. The van der Waals surface area contributed by atoms with Gasteiger partial charge in [0.15, 0.2) is 22.2 Å². The third-order valence-corrected chi connectivity index (χ3v) is 6.68. The molecule has 0 unspecified atom stereocenters. The second kappa shape index (κ2) is 10.8. The fraction of sp³-hybridized carbons (Fsp3) is 0.217. The van der Waals surface area contributed by atoms with Crippen molar-refractivity contribution < 1.29 is 9.53 Å². The Labute approximate surface area is 205 Å². The normalized spacial score (nSPS) is 11.8. The highest BCUT2D eigenvalue weighted by molar-refractivity contribution is 7.99. The minimum absolute atomic E-state index is 0.155. The molecule has 10 heteroatoms. The molecule has 1 amide bonds. The van der Waals surface area contributed by atoms with Gasteiger partial charge in [0.1, 0.15) is 5.75 Å². The minimum atomic E-state index is -0.273. The molecular weight excluding hydrogens is 478 g/mol. The maximum atomic E-state index is 12.5. The first-order valence-electron chi connectivity index (χ1n) is 10.3. The predicted octanol–water partition coefficient (Wildman–Crippen LogP) is 5.95. The Morgan fingerprint density at radius 1 is 1.18 bits per heavy atom. The number of thioether (sulfide) groups is 1. The Balaban J connectivity index is 1.35. The van der Waals surface area contributed by atoms with Gasteiger partial charge in [0.05, 0.1) is 11.4 Å². The van der Waals surface area contributed by atoms with Crippen molar-refractivity contribution in [1.82, 2.24) is 19.7 Å². The average Bonchev–Trinajstić information content (AvgIpc) is 3.45. The van der Waals surface area contributed by atoms with Crippen LogP contribution >= 0.6 is 34.7 Å². The summed E-state index contributed by atoms with van der Waals surface area (Å²) in [7, 11) is 0. The van der Waals surface area contributed by atoms with E-state index in [0.29, 0.717) is 21.9 Å². The third kappa shape index (κ3) is 5.93. The molecule has 0 saturated heterocycles. The Hall–Kier alpha value is -2.88. The van der Waals surface area contributed by atoms with Crippen LogP contribution in [0.2, 0.25) is 5.02 Å². The van der Waals surface area contributed by atoms with Gasteiger partial charge in [0.25, 0.3) is 0 Å². The molecule has 0 aliphatic carbocycles. The predicted molar refractivity (Wildman–Crippen MR) is 133 cm³/mol. The summed E-state index contributed by atoms with van der Waals surface area (Å²) < 4.78 is 7.95. The summed E-state index contributed by atoms with van der Waals surface area (Å²) in [5.74, 6) is 1.53. The largest absolute Gasteiger partial charge is 0.483 e. The number of hydrogen-bond donors (Lipinski definition) is 1. The summed E-state index contributed by atoms with van der Waals surface area (Å²) in [6, 6.07) is 17.0. The van der Waals surface area contributed by atoms with Gasteiger partial charge in [-0.05, 0) is 38.1 Å². The molecule has 2 aromatic heterocycles. The highest BCUT2D eigenvalue weighted by Crippen LogP contribution is 2.27. The smallest absolute Gasteiger partial charge is 0.236 e. The molecule has 4 aromatic rings. The second-order valence-corrected chi connectivity index (χ2v) is 9.28. The van der Waals surface area contributed by atoms with Crippen molar-refractivity contribution >= 4 is 45.7 Å². The first-order chi connectivity index (χ1) is 16.0. The summed E-state index contributed by atoms with van der Waals surface area (Å²) in [6.45, 7) is 4.62. The van der Waals surface area contributed by atoms with Crippen LogP contribution in [0.3, 0.4) is 0 Å². The van der Waals surface area contributed by atoms with Crippen molar-refractivity contribution in [2.24, 2.45) is 0 Å². The number of anilines is 1. The van der Waals surface area contributed by atoms with E-state index in [-0.39, 0.29) is 17.8 Å². The Bertz CT molecular complexity index is 1210. The van der Waals surface area contributed by atoms with Crippen molar-refractivity contribution in [3.05, 3.63) is 70.8 Å². The number of ether oxygens (including phenoxy) is 1. The van der Waals surface area contributed by atoms with Crippen molar-refractivity contribution in [2.45, 2.75) is 31.7 Å². The molecule has 0 aliphatic heterocycles. The SMILES string of the molecule is CCn1c(SCC(=O)Nc2nc(-c3ccc(Cl)cc3)cs2)nnc1[C@@H](C)Oc1ccccc1. The zero-order valence-corrected chi connectivity index (χ0v) is 20.5. The van der Waals surface area contributed by atoms with Gasteiger partial charge >= 0.3 is 0 Å². The molecule has 0 spiro atoms. The van der Waals surface area contributed by atoms with Crippen molar-refractivity contribution in [1.29, 1.82) is 0 Å². The number of aromatic nitrogens is 4. The summed E-state index contributed by atoms with van der Waals surface area (Å²) in [5, 5.41) is 15.2. The van der Waals surface area contributed by atoms with Crippen LogP contribution < -0.4 is 10.1 Å². The fourth-order valence-electron chi connectivity index (χ4n) is 3.13. The maximum Gasteiger partial charge on any atom is 0.236 e. The molecule has 2 heterocycles. The van der Waals surface area contributed by atoms with Crippen molar-refractivity contribution in [3.63, 3.8) is 0 Å². The maximum absolute atomic E-state index is 12.5. The number of halogens is 1. The highest BCUT2D eigenvalue weighted by atomic mass is 35.5. The molecule has 1 atom stereocenters. The molecule has 0 bridgehead atoms. The Morgan fingerprint density at radius 3 is 2.67 bits per heavy atom. The lowest BCUT2D eigenvalue weighted by Gasteiger charge is -2.15. The number of thiazole rings is 1. The van der Waals surface area contributed by atoms with Gasteiger partial charge in [-0.3, -0.25) is 4.79 Å². The van der Waals surface area contributed by atoms with Crippen LogP contribution in [0.25, 0.3) is 11.3 Å². The van der Waals surface area contributed by atoms with E-state index in [1.807, 2.05) is 78.4 Å². The number of rotatable bonds is 9. The van der Waals surface area contributed by atoms with Crippen LogP contribution in [0.4, 0.5) is 5.13 Å². The second-order valence-electron chi connectivity index (χ2n) is 7.04. The van der Waals surface area contributed by atoms with Gasteiger partial charge in [-0.1, -0.05) is 53.7 Å². The number of carbonyl (C=O) groups excluding carboxylic acids is 1. The lowest BCUT2D eigenvalue weighted by atomic mass is 10.2. The van der Waals surface area contributed by atoms with Gasteiger partial charge in [0.2, 0.25) is 5.91 Å². The lowest BCUT2D eigenvalue weighted by molar-refractivity contribution is -0.113. The van der Waals surface area contributed by atoms with E-state index in [4.69, 9.17) is 16.3 Å². The quantitative estimate of drug-likeness (QED) is 0.287. The van der Waals surface area contributed by atoms with E-state index in [2.05, 4.69) is 20.5 Å². The monoisotopic (exact) mass is 499 g/mol. The van der Waals surface area contributed by atoms with Crippen molar-refractivity contribution in [2.75, 3.05) is 11.1 Å². The molecule has 0 aliphatic rings. The summed E-state index contributed by atoms with van der Waals surface area (Å²) in [4.78, 5) is 17.0. The van der Waals surface area contributed by atoms with E-state index in [1.165, 1.54) is 23.1 Å². The van der Waals surface area contributed by atoms with Crippen molar-refractivity contribution in [3.8, 4) is 17.0 Å². The van der Waals surface area contributed by atoms with Crippen LogP contribution in [-0.2, 0) is 11.3 Å². The molecule has 33 heavy (non-hydrogen) atoms. The summed E-state index contributed by atoms with van der Waals surface area (Å²) in [6.07, 6.45) is -0.273. The van der Waals surface area contributed by atoms with Gasteiger partial charge in [-0.15, -0.1) is 21.5 Å². The zero-order valence-electron chi connectivity index (χ0n) is 18.1.